The molecule has 0 N–H and O–H groups in total. The molecule has 66 valence electrons. The molecule has 0 bridgehead atoms. The molecule has 0 aliphatic rings. The highest BCUT2D eigenvalue weighted by atomic mass is 16.5. The van der Waals surface area contributed by atoms with Gasteiger partial charge in [-0.25, -0.2) is 0 Å². The summed E-state index contributed by atoms with van der Waals surface area (Å²) in [5, 5.41) is 0. The van der Waals surface area contributed by atoms with Crippen LogP contribution in [-0.2, 0) is 9.53 Å². The molecule has 11 heavy (non-hydrogen) atoms. The van der Waals surface area contributed by atoms with Gasteiger partial charge in [-0.05, 0) is 20.3 Å². The zero-order valence-electron chi connectivity index (χ0n) is 7.94. The zero-order chi connectivity index (χ0) is 8.91. The van der Waals surface area contributed by atoms with E-state index in [0.29, 0.717) is 0 Å². The van der Waals surface area contributed by atoms with Gasteiger partial charge in [0.25, 0.3) is 0 Å². The van der Waals surface area contributed by atoms with E-state index in [9.17, 15) is 4.79 Å². The van der Waals surface area contributed by atoms with Crippen LogP contribution in [0.1, 0.15) is 40.0 Å². The fourth-order valence-electron chi connectivity index (χ4n) is 0.936. The molecule has 0 spiro atoms. The smallest absolute Gasteiger partial charge is 0.161 e. The number of ketones is 1. The summed E-state index contributed by atoms with van der Waals surface area (Å²) < 4.78 is 5.15. The lowest BCUT2D eigenvalue weighted by Gasteiger charge is -2.24. The van der Waals surface area contributed by atoms with E-state index in [4.69, 9.17) is 4.74 Å². The van der Waals surface area contributed by atoms with Gasteiger partial charge in [0.2, 0.25) is 0 Å². The van der Waals surface area contributed by atoms with Crippen LogP contribution in [-0.4, -0.2) is 18.5 Å². The second kappa shape index (κ2) is 4.50. The minimum atomic E-state index is -0.546. The van der Waals surface area contributed by atoms with Gasteiger partial charge in [-0.2, -0.15) is 0 Å². The molecule has 0 aromatic rings. The van der Waals surface area contributed by atoms with Crippen molar-refractivity contribution in [3.8, 4) is 0 Å². The summed E-state index contributed by atoms with van der Waals surface area (Å²) in [5.41, 5.74) is -0.546. The Bertz CT molecular complexity index is 132. The Morgan fingerprint density at radius 3 is 2.36 bits per heavy atom. The second-order valence-electron chi connectivity index (χ2n) is 3.09. The number of hydrogen-bond acceptors (Lipinski definition) is 2. The van der Waals surface area contributed by atoms with Crippen molar-refractivity contribution >= 4 is 5.78 Å². The lowest BCUT2D eigenvalue weighted by Crippen LogP contribution is -2.35. The standard InChI is InChI=1S/C9H18O2/c1-5-6-7-9(3,11-4)8(2)10/h5-7H2,1-4H3. The van der Waals surface area contributed by atoms with Crippen molar-refractivity contribution in [1.29, 1.82) is 0 Å². The van der Waals surface area contributed by atoms with E-state index in [2.05, 4.69) is 6.92 Å². The molecule has 0 aliphatic carbocycles. The van der Waals surface area contributed by atoms with Gasteiger partial charge in [-0.3, -0.25) is 4.79 Å². The predicted molar refractivity (Wildman–Crippen MR) is 45.6 cm³/mol. The predicted octanol–water partition coefficient (Wildman–Crippen LogP) is 2.17. The molecule has 0 saturated heterocycles. The van der Waals surface area contributed by atoms with E-state index < -0.39 is 5.60 Å². The van der Waals surface area contributed by atoms with Crippen molar-refractivity contribution in [1.82, 2.24) is 0 Å². The van der Waals surface area contributed by atoms with Crippen molar-refractivity contribution in [2.75, 3.05) is 7.11 Å². The Balaban J connectivity index is 3.99. The maximum absolute atomic E-state index is 11.1. The van der Waals surface area contributed by atoms with Crippen molar-refractivity contribution in [3.05, 3.63) is 0 Å². The highest BCUT2D eigenvalue weighted by Gasteiger charge is 2.27. The number of methoxy groups -OCH3 is 1. The molecule has 2 nitrogen and oxygen atoms in total. The summed E-state index contributed by atoms with van der Waals surface area (Å²) in [6, 6.07) is 0. The van der Waals surface area contributed by atoms with Crippen LogP contribution >= 0.6 is 0 Å². The van der Waals surface area contributed by atoms with E-state index >= 15 is 0 Å². The Kier molecular flexibility index (Phi) is 4.34. The topological polar surface area (TPSA) is 26.3 Å². The molecule has 0 aromatic heterocycles. The highest BCUT2D eigenvalue weighted by molar-refractivity contribution is 5.84. The number of carbonyl (C=O) groups excluding carboxylic acids is 1. The van der Waals surface area contributed by atoms with Crippen LogP contribution < -0.4 is 0 Å². The first kappa shape index (κ1) is 10.6. The van der Waals surface area contributed by atoms with Crippen LogP contribution in [0, 0.1) is 0 Å². The van der Waals surface area contributed by atoms with Gasteiger partial charge in [0.15, 0.2) is 5.78 Å². The van der Waals surface area contributed by atoms with E-state index in [-0.39, 0.29) is 5.78 Å². The molecule has 0 aliphatic heterocycles. The molecule has 0 amide bonds. The first-order valence-electron chi connectivity index (χ1n) is 4.13. The van der Waals surface area contributed by atoms with Crippen LogP contribution in [0.4, 0.5) is 0 Å². The Labute approximate surface area is 68.9 Å². The summed E-state index contributed by atoms with van der Waals surface area (Å²) in [6.45, 7) is 5.54. The number of ether oxygens (including phenoxy) is 1. The number of Topliss-reactive ketones (excluding diaryl/α,β-unsaturated/α-hetero) is 1. The minimum absolute atomic E-state index is 0.119. The van der Waals surface area contributed by atoms with E-state index in [0.717, 1.165) is 19.3 Å². The number of hydrogen-bond donors (Lipinski definition) is 0. The molecule has 0 heterocycles. The quantitative estimate of drug-likeness (QED) is 0.613. The number of carbonyl (C=O) groups is 1. The third-order valence-electron chi connectivity index (χ3n) is 2.20. The molecular formula is C9H18O2. The average Bonchev–Trinajstić information content (AvgIpc) is 2.00. The number of rotatable bonds is 5. The molecule has 0 radical (unpaired) electrons. The first-order chi connectivity index (χ1) is 5.06. The molecule has 1 atom stereocenters. The summed E-state index contributed by atoms with van der Waals surface area (Å²) in [5.74, 6) is 0.119. The third-order valence-corrected chi connectivity index (χ3v) is 2.20. The molecule has 0 saturated carbocycles. The van der Waals surface area contributed by atoms with Gasteiger partial charge in [0.1, 0.15) is 5.60 Å². The lowest BCUT2D eigenvalue weighted by molar-refractivity contribution is -0.137. The van der Waals surface area contributed by atoms with Crippen molar-refractivity contribution in [3.63, 3.8) is 0 Å². The Morgan fingerprint density at radius 1 is 1.55 bits per heavy atom. The molecule has 0 aromatic carbocycles. The number of unbranched alkanes of at least 4 members (excludes halogenated alkanes) is 1. The van der Waals surface area contributed by atoms with Crippen molar-refractivity contribution < 1.29 is 9.53 Å². The van der Waals surface area contributed by atoms with Gasteiger partial charge in [-0.1, -0.05) is 19.8 Å². The molecule has 0 rings (SSSR count). The normalized spacial score (nSPS) is 16.0. The summed E-state index contributed by atoms with van der Waals surface area (Å²) in [4.78, 5) is 11.1. The van der Waals surface area contributed by atoms with Gasteiger partial charge in [0, 0.05) is 7.11 Å². The summed E-state index contributed by atoms with van der Waals surface area (Å²) in [6.07, 6.45) is 2.98. The van der Waals surface area contributed by atoms with Crippen LogP contribution in [0.15, 0.2) is 0 Å². The van der Waals surface area contributed by atoms with E-state index in [1.807, 2.05) is 6.92 Å². The average molecular weight is 158 g/mol. The van der Waals surface area contributed by atoms with Gasteiger partial charge in [-0.15, -0.1) is 0 Å². The van der Waals surface area contributed by atoms with E-state index in [1.165, 1.54) is 0 Å². The first-order valence-corrected chi connectivity index (χ1v) is 4.13. The largest absolute Gasteiger partial charge is 0.371 e. The minimum Gasteiger partial charge on any atom is -0.371 e. The fourth-order valence-corrected chi connectivity index (χ4v) is 0.936. The fraction of sp³-hybridized carbons (Fsp3) is 0.889. The lowest BCUT2D eigenvalue weighted by atomic mass is 9.95. The second-order valence-corrected chi connectivity index (χ2v) is 3.09. The Morgan fingerprint density at radius 2 is 2.09 bits per heavy atom. The van der Waals surface area contributed by atoms with Crippen LogP contribution in [0.25, 0.3) is 0 Å². The maximum atomic E-state index is 11.1. The maximum Gasteiger partial charge on any atom is 0.161 e. The van der Waals surface area contributed by atoms with Gasteiger partial charge >= 0.3 is 0 Å². The monoisotopic (exact) mass is 158 g/mol. The van der Waals surface area contributed by atoms with E-state index in [1.54, 1.807) is 14.0 Å². The summed E-state index contributed by atoms with van der Waals surface area (Å²) >= 11 is 0. The highest BCUT2D eigenvalue weighted by Crippen LogP contribution is 2.18. The molecule has 2 heteroatoms. The Hall–Kier alpha value is -0.370. The van der Waals surface area contributed by atoms with Crippen molar-refractivity contribution in [2.24, 2.45) is 0 Å². The third kappa shape index (κ3) is 3.02. The van der Waals surface area contributed by atoms with Crippen molar-refractivity contribution in [2.45, 2.75) is 45.6 Å². The molecular weight excluding hydrogens is 140 g/mol. The van der Waals surface area contributed by atoms with Gasteiger partial charge < -0.3 is 4.74 Å². The molecule has 0 fully saturated rings. The van der Waals surface area contributed by atoms with Gasteiger partial charge in [0.05, 0.1) is 0 Å². The van der Waals surface area contributed by atoms with Crippen LogP contribution in [0.3, 0.4) is 0 Å². The molecule has 1 unspecified atom stereocenters. The zero-order valence-corrected chi connectivity index (χ0v) is 7.94. The SMILES string of the molecule is CCCCC(C)(OC)C(C)=O. The van der Waals surface area contributed by atoms with Crippen LogP contribution in [0.5, 0.6) is 0 Å². The van der Waals surface area contributed by atoms with Crippen LogP contribution in [0.2, 0.25) is 0 Å². The summed E-state index contributed by atoms with van der Waals surface area (Å²) in [7, 11) is 1.59.